The fourth-order valence-corrected chi connectivity index (χ4v) is 5.49. The van der Waals surface area contributed by atoms with Crippen molar-refractivity contribution >= 4 is 23.2 Å². The molecule has 232 valence electrons. The Hall–Kier alpha value is -4.51. The molecule has 2 N–H and O–H groups in total. The van der Waals surface area contributed by atoms with E-state index in [9.17, 15) is 14.7 Å². The van der Waals surface area contributed by atoms with Gasteiger partial charge in [0.2, 0.25) is 0 Å². The number of hydrogen-bond acceptors (Lipinski definition) is 7. The normalized spacial score (nSPS) is 13.7. The monoisotopic (exact) mass is 603 g/mol. The lowest BCUT2D eigenvalue weighted by Crippen LogP contribution is -2.29. The molecule has 44 heavy (non-hydrogen) atoms. The SMILES string of the molecule is Cc1nc2cc(C(=O)NCc3ccc(N(C)C)cc3)nn2c(-c2cc(F)c3c(c2C)CCCO3)c1C(OC(C)(C)C)C(=O)O. The second-order valence-corrected chi connectivity index (χ2v) is 12.2. The number of nitrogens with zero attached hydrogens (tertiary/aromatic N) is 4. The van der Waals surface area contributed by atoms with Crippen LogP contribution < -0.4 is 15.0 Å². The van der Waals surface area contributed by atoms with E-state index in [2.05, 4.69) is 15.4 Å². The number of fused-ring (bicyclic) bond motifs is 2. The summed E-state index contributed by atoms with van der Waals surface area (Å²) < 4.78 is 28.7. The van der Waals surface area contributed by atoms with Crippen molar-refractivity contribution in [2.24, 2.45) is 0 Å². The van der Waals surface area contributed by atoms with Gasteiger partial charge in [-0.25, -0.2) is 18.7 Å². The third kappa shape index (κ3) is 6.10. The molecule has 2 aromatic carbocycles. The first-order chi connectivity index (χ1) is 20.7. The summed E-state index contributed by atoms with van der Waals surface area (Å²) in [4.78, 5) is 32.6. The summed E-state index contributed by atoms with van der Waals surface area (Å²) in [5.41, 5.74) is 4.30. The number of anilines is 1. The maximum atomic E-state index is 15.5. The molecular weight excluding hydrogens is 565 g/mol. The summed E-state index contributed by atoms with van der Waals surface area (Å²) in [7, 11) is 3.91. The van der Waals surface area contributed by atoms with Crippen LogP contribution in [0, 0.1) is 19.7 Å². The number of ether oxygens (including phenoxy) is 2. The number of carboxylic acids is 1. The van der Waals surface area contributed by atoms with Gasteiger partial charge in [-0.15, -0.1) is 0 Å². The molecule has 0 saturated heterocycles. The number of aryl methyl sites for hydroxylation is 1. The summed E-state index contributed by atoms with van der Waals surface area (Å²) >= 11 is 0. The van der Waals surface area contributed by atoms with E-state index < -0.39 is 29.4 Å². The first-order valence-electron chi connectivity index (χ1n) is 14.6. The lowest BCUT2D eigenvalue weighted by molar-refractivity contribution is -0.160. The van der Waals surface area contributed by atoms with Crippen LogP contribution in [-0.2, 0) is 22.5 Å². The fourth-order valence-electron chi connectivity index (χ4n) is 5.49. The smallest absolute Gasteiger partial charge is 0.337 e. The molecule has 11 heteroatoms. The third-order valence-corrected chi connectivity index (χ3v) is 7.62. The highest BCUT2D eigenvalue weighted by Gasteiger charge is 2.35. The van der Waals surface area contributed by atoms with Crippen LogP contribution in [0.5, 0.6) is 5.75 Å². The first-order valence-corrected chi connectivity index (χ1v) is 14.6. The molecule has 3 heterocycles. The average molecular weight is 604 g/mol. The number of amides is 1. The predicted molar refractivity (Wildman–Crippen MR) is 165 cm³/mol. The van der Waals surface area contributed by atoms with Crippen molar-refractivity contribution in [3.63, 3.8) is 0 Å². The van der Waals surface area contributed by atoms with Crippen LogP contribution >= 0.6 is 0 Å². The number of benzene rings is 2. The number of carbonyl (C=O) groups is 2. The average Bonchev–Trinajstić information content (AvgIpc) is 3.39. The van der Waals surface area contributed by atoms with Gasteiger partial charge in [-0.1, -0.05) is 12.1 Å². The second-order valence-electron chi connectivity index (χ2n) is 12.2. The number of hydrogen-bond donors (Lipinski definition) is 2. The lowest BCUT2D eigenvalue weighted by Gasteiger charge is -2.28. The van der Waals surface area contributed by atoms with Gasteiger partial charge in [0, 0.05) is 54.8 Å². The molecule has 0 fully saturated rings. The van der Waals surface area contributed by atoms with Gasteiger partial charge in [-0.05, 0) is 76.8 Å². The molecule has 5 rings (SSSR count). The lowest BCUT2D eigenvalue weighted by atomic mass is 9.91. The molecule has 0 saturated carbocycles. The third-order valence-electron chi connectivity index (χ3n) is 7.62. The molecule has 0 radical (unpaired) electrons. The predicted octanol–water partition coefficient (Wildman–Crippen LogP) is 5.41. The summed E-state index contributed by atoms with van der Waals surface area (Å²) in [5, 5.41) is 17.8. The largest absolute Gasteiger partial charge is 0.490 e. The molecule has 1 atom stereocenters. The molecule has 1 aliphatic rings. The number of halogens is 1. The highest BCUT2D eigenvalue weighted by Crippen LogP contribution is 2.41. The van der Waals surface area contributed by atoms with Crippen LogP contribution in [0.3, 0.4) is 0 Å². The molecule has 10 nitrogen and oxygen atoms in total. The Bertz CT molecular complexity index is 1740. The van der Waals surface area contributed by atoms with E-state index in [1.54, 1.807) is 33.8 Å². The molecule has 0 bridgehead atoms. The van der Waals surface area contributed by atoms with Crippen molar-refractivity contribution in [2.45, 2.75) is 65.7 Å². The quantitative estimate of drug-likeness (QED) is 0.274. The summed E-state index contributed by atoms with van der Waals surface area (Å²) in [6.07, 6.45) is -0.107. The maximum absolute atomic E-state index is 15.5. The van der Waals surface area contributed by atoms with Crippen molar-refractivity contribution < 1.29 is 28.6 Å². The minimum atomic E-state index is -1.44. The molecule has 1 amide bonds. The molecule has 2 aromatic heterocycles. The van der Waals surface area contributed by atoms with Crippen molar-refractivity contribution in [3.05, 3.63) is 75.9 Å². The van der Waals surface area contributed by atoms with Gasteiger partial charge < -0.3 is 24.8 Å². The highest BCUT2D eigenvalue weighted by molar-refractivity contribution is 5.93. The van der Waals surface area contributed by atoms with Gasteiger partial charge in [-0.2, -0.15) is 5.10 Å². The van der Waals surface area contributed by atoms with Crippen LogP contribution in [0.25, 0.3) is 16.9 Å². The molecular formula is C33H38FN5O5. The Morgan fingerprint density at radius 3 is 2.52 bits per heavy atom. The van der Waals surface area contributed by atoms with Crippen LogP contribution in [0.2, 0.25) is 0 Å². The number of carbonyl (C=O) groups excluding carboxylic acids is 1. The van der Waals surface area contributed by atoms with E-state index in [0.29, 0.717) is 41.2 Å². The molecule has 4 aromatic rings. The van der Waals surface area contributed by atoms with Gasteiger partial charge in [0.1, 0.15) is 0 Å². The zero-order chi connectivity index (χ0) is 31.9. The summed E-state index contributed by atoms with van der Waals surface area (Å²) in [6.45, 7) is 9.51. The van der Waals surface area contributed by atoms with Crippen molar-refractivity contribution in [3.8, 4) is 17.0 Å². The topological polar surface area (TPSA) is 118 Å². The number of aromatic nitrogens is 3. The van der Waals surface area contributed by atoms with E-state index in [-0.39, 0.29) is 23.6 Å². The minimum absolute atomic E-state index is 0.0863. The zero-order valence-electron chi connectivity index (χ0n) is 26.1. The number of aliphatic carboxylic acids is 1. The molecule has 0 spiro atoms. The number of carboxylic acid groups (broad SMARTS) is 1. The van der Waals surface area contributed by atoms with E-state index in [4.69, 9.17) is 9.47 Å². The highest BCUT2D eigenvalue weighted by atomic mass is 19.1. The molecule has 1 aliphatic heterocycles. The van der Waals surface area contributed by atoms with Crippen LogP contribution in [0.4, 0.5) is 10.1 Å². The van der Waals surface area contributed by atoms with E-state index in [0.717, 1.165) is 23.2 Å². The Balaban J connectivity index is 1.65. The van der Waals surface area contributed by atoms with Gasteiger partial charge in [0.05, 0.1) is 17.9 Å². The Morgan fingerprint density at radius 2 is 1.89 bits per heavy atom. The fraction of sp³-hybridized carbons (Fsp3) is 0.394. The number of rotatable bonds is 8. The van der Waals surface area contributed by atoms with Crippen LogP contribution in [0.1, 0.15) is 71.7 Å². The van der Waals surface area contributed by atoms with E-state index in [1.807, 2.05) is 50.2 Å². The summed E-state index contributed by atoms with van der Waals surface area (Å²) in [5.74, 6) is -2.00. The van der Waals surface area contributed by atoms with Gasteiger partial charge >= 0.3 is 5.97 Å². The summed E-state index contributed by atoms with van der Waals surface area (Å²) in [6, 6.07) is 10.7. The Labute approximate surface area is 255 Å². The van der Waals surface area contributed by atoms with Crippen molar-refractivity contribution in [1.82, 2.24) is 19.9 Å². The van der Waals surface area contributed by atoms with Gasteiger partial charge in [0.25, 0.3) is 5.91 Å². The Morgan fingerprint density at radius 1 is 1.18 bits per heavy atom. The number of nitrogens with one attached hydrogen (secondary N) is 1. The zero-order valence-corrected chi connectivity index (χ0v) is 26.1. The van der Waals surface area contributed by atoms with E-state index in [1.165, 1.54) is 10.6 Å². The molecule has 1 unspecified atom stereocenters. The van der Waals surface area contributed by atoms with Crippen molar-refractivity contribution in [2.75, 3.05) is 25.6 Å². The van der Waals surface area contributed by atoms with E-state index >= 15 is 4.39 Å². The second kappa shape index (κ2) is 11.9. The molecule has 0 aliphatic carbocycles. The maximum Gasteiger partial charge on any atom is 0.337 e. The first kappa shape index (κ1) is 30.9. The Kier molecular flexibility index (Phi) is 8.35. The van der Waals surface area contributed by atoms with Crippen molar-refractivity contribution in [1.29, 1.82) is 0 Å². The van der Waals surface area contributed by atoms with Gasteiger partial charge in [0.15, 0.2) is 29.0 Å². The standard InChI is InChI=1S/C33H38FN5O5/c1-18-22-9-8-14-43-29(22)24(34)15-23(18)28-27(30(32(41)42)44-33(3,4)5)19(2)36-26-16-25(37-39(26)28)31(40)35-17-20-10-12-21(13-11-20)38(6)7/h10-13,15-16,30H,8-9,14,17H2,1-7H3,(H,35,40)(H,41,42). The van der Waals surface area contributed by atoms with Crippen LogP contribution in [0.15, 0.2) is 36.4 Å². The van der Waals surface area contributed by atoms with Gasteiger partial charge in [-0.3, -0.25) is 4.79 Å². The van der Waals surface area contributed by atoms with Crippen LogP contribution in [-0.4, -0.2) is 57.9 Å². The minimum Gasteiger partial charge on any atom is -0.490 e.